The van der Waals surface area contributed by atoms with Crippen molar-refractivity contribution in [3.63, 3.8) is 0 Å². The van der Waals surface area contributed by atoms with Crippen LogP contribution in [0.1, 0.15) is 26.6 Å². The van der Waals surface area contributed by atoms with Crippen molar-refractivity contribution < 1.29 is 27.4 Å². The molecule has 3 aromatic rings. The Morgan fingerprint density at radius 3 is 2.56 bits per heavy atom. The molecule has 2 aromatic heterocycles. The Balaban J connectivity index is 1.99. The molecule has 0 atom stereocenters. The number of imidazole rings is 1. The van der Waals surface area contributed by atoms with E-state index in [1.54, 1.807) is 19.2 Å². The van der Waals surface area contributed by atoms with Crippen LogP contribution in [0, 0.1) is 6.92 Å². The van der Waals surface area contributed by atoms with Crippen LogP contribution in [0.2, 0.25) is 0 Å². The summed E-state index contributed by atoms with van der Waals surface area (Å²) in [6.45, 7) is 1.77. The Morgan fingerprint density at radius 2 is 1.93 bits per heavy atom. The molecular weight excluding hydrogens is 381 g/mol. The second kappa shape index (κ2) is 7.07. The molecule has 0 N–H and O–H groups in total. The molecule has 0 aliphatic rings. The number of rotatable bonds is 5. The van der Waals surface area contributed by atoms with E-state index in [4.69, 9.17) is 9.47 Å². The number of thiazole rings is 1. The number of aryl methyl sites for hydroxylation is 1. The third-order valence-corrected chi connectivity index (χ3v) is 4.71. The van der Waals surface area contributed by atoms with Gasteiger partial charge < -0.3 is 9.47 Å². The van der Waals surface area contributed by atoms with Crippen LogP contribution in [-0.2, 0) is 6.18 Å². The number of hydrogen-bond donors (Lipinski definition) is 0. The fraction of sp³-hybridized carbons (Fsp3) is 0.222. The summed E-state index contributed by atoms with van der Waals surface area (Å²) >= 11 is 1.15. The highest BCUT2D eigenvalue weighted by Crippen LogP contribution is 2.34. The molecule has 0 saturated carbocycles. The number of halogens is 3. The number of carbonyl (C=O) groups excluding carboxylic acids is 1. The lowest BCUT2D eigenvalue weighted by Gasteiger charge is -2.08. The average molecular weight is 396 g/mol. The molecule has 0 fully saturated rings. The van der Waals surface area contributed by atoms with Gasteiger partial charge in [0.05, 0.1) is 19.9 Å². The van der Waals surface area contributed by atoms with Crippen molar-refractivity contribution in [3.8, 4) is 11.5 Å². The number of nitrogens with zero attached hydrogens (tertiary/aromatic N) is 2. The summed E-state index contributed by atoms with van der Waals surface area (Å²) in [5.74, 6) is 0.336. The quantitative estimate of drug-likeness (QED) is 0.466. The van der Waals surface area contributed by atoms with Crippen LogP contribution in [0.15, 0.2) is 30.5 Å². The van der Waals surface area contributed by atoms with Crippen LogP contribution in [0.4, 0.5) is 13.2 Å². The van der Waals surface area contributed by atoms with E-state index in [-0.39, 0.29) is 16.2 Å². The first-order chi connectivity index (χ1) is 12.7. The van der Waals surface area contributed by atoms with Gasteiger partial charge in [0.2, 0.25) is 0 Å². The van der Waals surface area contributed by atoms with Crippen LogP contribution in [0.5, 0.6) is 11.5 Å². The van der Waals surface area contributed by atoms with Crippen molar-refractivity contribution in [1.29, 1.82) is 0 Å². The van der Waals surface area contributed by atoms with Crippen LogP contribution in [0.3, 0.4) is 0 Å². The van der Waals surface area contributed by atoms with Gasteiger partial charge in [-0.3, -0.25) is 9.20 Å². The van der Waals surface area contributed by atoms with E-state index in [9.17, 15) is 18.0 Å². The summed E-state index contributed by atoms with van der Waals surface area (Å²) in [7, 11) is 2.89. The van der Waals surface area contributed by atoms with Gasteiger partial charge in [-0.1, -0.05) is 0 Å². The second-order valence-electron chi connectivity index (χ2n) is 5.61. The Bertz CT molecular complexity index is 1030. The Morgan fingerprint density at radius 1 is 1.22 bits per heavy atom. The summed E-state index contributed by atoms with van der Waals surface area (Å²) < 4.78 is 51.4. The van der Waals surface area contributed by atoms with Gasteiger partial charge in [0.1, 0.15) is 0 Å². The molecule has 1 aromatic carbocycles. The summed E-state index contributed by atoms with van der Waals surface area (Å²) in [6.07, 6.45) is -0.838. The lowest BCUT2D eigenvalue weighted by Crippen LogP contribution is -2.08. The molecule has 9 heteroatoms. The zero-order valence-electron chi connectivity index (χ0n) is 14.6. The zero-order chi connectivity index (χ0) is 19.8. The molecule has 0 amide bonds. The molecule has 0 unspecified atom stereocenters. The molecule has 5 nitrogen and oxygen atoms in total. The maximum Gasteiger partial charge on any atom is 0.435 e. The Kier molecular flexibility index (Phi) is 4.97. The maximum absolute atomic E-state index is 13.3. The number of ether oxygens (including phenoxy) is 2. The normalized spacial score (nSPS) is 12.1. The third kappa shape index (κ3) is 3.68. The molecule has 0 aliphatic carbocycles. The summed E-state index contributed by atoms with van der Waals surface area (Å²) in [6, 6.07) is 4.54. The molecule has 0 saturated heterocycles. The number of ketones is 1. The monoisotopic (exact) mass is 396 g/mol. The van der Waals surface area contributed by atoms with E-state index < -0.39 is 17.7 Å². The van der Waals surface area contributed by atoms with Crippen molar-refractivity contribution >= 4 is 28.2 Å². The number of aromatic nitrogens is 2. The van der Waals surface area contributed by atoms with Gasteiger partial charge in [0, 0.05) is 16.6 Å². The van der Waals surface area contributed by atoms with Gasteiger partial charge in [0.15, 0.2) is 27.9 Å². The molecule has 3 rings (SSSR count). The van der Waals surface area contributed by atoms with E-state index in [0.29, 0.717) is 11.5 Å². The van der Waals surface area contributed by atoms with Crippen molar-refractivity contribution in [2.75, 3.05) is 14.2 Å². The summed E-state index contributed by atoms with van der Waals surface area (Å²) in [4.78, 5) is 17.1. The number of benzene rings is 1. The van der Waals surface area contributed by atoms with Gasteiger partial charge in [-0.2, -0.15) is 13.2 Å². The van der Waals surface area contributed by atoms with E-state index in [1.165, 1.54) is 30.8 Å². The van der Waals surface area contributed by atoms with Gasteiger partial charge in [-0.05, 0) is 37.3 Å². The SMILES string of the molecule is COc1ccc(C(=O)C=Cc2c(C(F)(F)F)nc3sc(C)cn23)cc1OC. The van der Waals surface area contributed by atoms with Crippen molar-refractivity contribution in [3.05, 3.63) is 52.3 Å². The first kappa shape index (κ1) is 19.0. The number of fused-ring (bicyclic) bond motifs is 1. The number of methoxy groups -OCH3 is 2. The predicted molar refractivity (Wildman–Crippen MR) is 95.7 cm³/mol. The molecule has 0 radical (unpaired) electrons. The minimum Gasteiger partial charge on any atom is -0.493 e. The first-order valence-corrected chi connectivity index (χ1v) is 8.56. The van der Waals surface area contributed by atoms with Crippen molar-refractivity contribution in [2.45, 2.75) is 13.1 Å². The minimum atomic E-state index is -4.62. The maximum atomic E-state index is 13.3. The van der Waals surface area contributed by atoms with Crippen molar-refractivity contribution in [2.24, 2.45) is 0 Å². The lowest BCUT2D eigenvalue weighted by molar-refractivity contribution is -0.140. The number of alkyl halides is 3. The molecule has 2 heterocycles. The first-order valence-electron chi connectivity index (χ1n) is 7.74. The van der Waals surface area contributed by atoms with Crippen molar-refractivity contribution in [1.82, 2.24) is 9.38 Å². The lowest BCUT2D eigenvalue weighted by atomic mass is 10.1. The molecule has 142 valence electrons. The summed E-state index contributed by atoms with van der Waals surface area (Å²) in [5, 5.41) is 0. The average Bonchev–Trinajstić information content (AvgIpc) is 3.15. The van der Waals surface area contributed by atoms with E-state index in [2.05, 4.69) is 4.98 Å². The fourth-order valence-electron chi connectivity index (χ4n) is 2.58. The molecule has 0 spiro atoms. The number of allylic oxidation sites excluding steroid dienone is 1. The minimum absolute atomic E-state index is 0.185. The fourth-order valence-corrected chi connectivity index (χ4v) is 3.41. The third-order valence-electron chi connectivity index (χ3n) is 3.81. The molecular formula is C18H15F3N2O3S. The van der Waals surface area contributed by atoms with Crippen LogP contribution in [-0.4, -0.2) is 29.4 Å². The molecule has 0 bridgehead atoms. The van der Waals surface area contributed by atoms with Crippen LogP contribution >= 0.6 is 11.3 Å². The van der Waals surface area contributed by atoms with E-state index in [1.807, 2.05) is 0 Å². The smallest absolute Gasteiger partial charge is 0.435 e. The predicted octanol–water partition coefficient (Wildman–Crippen LogP) is 4.64. The van der Waals surface area contributed by atoms with Crippen LogP contribution in [0.25, 0.3) is 11.0 Å². The molecule has 27 heavy (non-hydrogen) atoms. The topological polar surface area (TPSA) is 52.8 Å². The Hall–Kier alpha value is -2.81. The van der Waals surface area contributed by atoms with Gasteiger partial charge in [-0.25, -0.2) is 4.98 Å². The van der Waals surface area contributed by atoms with Gasteiger partial charge >= 0.3 is 6.18 Å². The zero-order valence-corrected chi connectivity index (χ0v) is 15.4. The number of hydrogen-bond acceptors (Lipinski definition) is 5. The highest BCUT2D eigenvalue weighted by atomic mass is 32.1. The van der Waals surface area contributed by atoms with E-state index >= 15 is 0 Å². The van der Waals surface area contributed by atoms with Gasteiger partial charge in [-0.15, -0.1) is 11.3 Å². The van der Waals surface area contributed by atoms with Crippen LogP contribution < -0.4 is 9.47 Å². The highest BCUT2D eigenvalue weighted by Gasteiger charge is 2.37. The van der Waals surface area contributed by atoms with E-state index in [0.717, 1.165) is 28.4 Å². The molecule has 0 aliphatic heterocycles. The van der Waals surface area contributed by atoms with Gasteiger partial charge in [0.25, 0.3) is 0 Å². The summed E-state index contributed by atoms with van der Waals surface area (Å²) in [5.41, 5.74) is -0.944. The largest absolute Gasteiger partial charge is 0.493 e. The highest BCUT2D eigenvalue weighted by molar-refractivity contribution is 7.17. The number of carbonyl (C=O) groups is 1. The second-order valence-corrected chi connectivity index (χ2v) is 6.82. The standard InChI is InChI=1S/C18H15F3N2O3S/c1-10-9-23-12(16(18(19,20)21)22-17(23)27-10)5-6-13(24)11-4-7-14(25-2)15(8-11)26-3/h4-9H,1-3H3. The Labute approximate surface area is 156 Å².